The van der Waals surface area contributed by atoms with E-state index in [0.29, 0.717) is 17.2 Å². The summed E-state index contributed by atoms with van der Waals surface area (Å²) in [6, 6.07) is 22.3. The van der Waals surface area contributed by atoms with E-state index in [1.807, 2.05) is 60.7 Å². The van der Waals surface area contributed by atoms with Gasteiger partial charge in [-0.05, 0) is 12.1 Å². The maximum Gasteiger partial charge on any atom is 0.338 e. The zero-order valence-corrected chi connectivity index (χ0v) is 15.8. The molecule has 3 aromatic carbocycles. The molecule has 0 saturated carbocycles. The molecule has 144 valence electrons. The predicted octanol–water partition coefficient (Wildman–Crippen LogP) is 4.16. The van der Waals surface area contributed by atoms with Crippen molar-refractivity contribution >= 4 is 5.97 Å². The lowest BCUT2D eigenvalue weighted by Crippen LogP contribution is -2.36. The van der Waals surface area contributed by atoms with Crippen molar-refractivity contribution in [3.63, 3.8) is 0 Å². The first-order chi connectivity index (χ1) is 14.2. The van der Waals surface area contributed by atoms with Gasteiger partial charge in [-0.15, -0.1) is 6.42 Å². The summed E-state index contributed by atoms with van der Waals surface area (Å²) in [6.07, 6.45) is 5.34. The van der Waals surface area contributed by atoms with Crippen LogP contribution in [0.4, 0.5) is 0 Å². The Labute approximate surface area is 168 Å². The Morgan fingerprint density at radius 1 is 1.00 bits per heavy atom. The summed E-state index contributed by atoms with van der Waals surface area (Å²) in [5.41, 5.74) is 1.87. The fraction of sp³-hybridized carbons (Fsp3) is 0.125. The predicted molar refractivity (Wildman–Crippen MR) is 107 cm³/mol. The highest BCUT2D eigenvalue weighted by Gasteiger charge is 2.47. The van der Waals surface area contributed by atoms with Crippen LogP contribution in [0.25, 0.3) is 0 Å². The molecule has 0 spiro atoms. The quantitative estimate of drug-likeness (QED) is 0.487. The number of ether oxygens (including phenoxy) is 4. The van der Waals surface area contributed by atoms with E-state index < -0.39 is 11.8 Å². The number of benzene rings is 3. The molecule has 0 amide bonds. The van der Waals surface area contributed by atoms with E-state index in [2.05, 4.69) is 5.92 Å². The number of hydrogen-bond donors (Lipinski definition) is 0. The summed E-state index contributed by atoms with van der Waals surface area (Å²) < 4.78 is 23.3. The van der Waals surface area contributed by atoms with Gasteiger partial charge in [-0.25, -0.2) is 4.79 Å². The smallest absolute Gasteiger partial charge is 0.338 e. The minimum Gasteiger partial charge on any atom is -0.477 e. The summed E-state index contributed by atoms with van der Waals surface area (Å²) in [5, 5.41) is 0. The molecule has 3 aromatic rings. The number of esters is 1. The number of methoxy groups -OCH3 is 1. The summed E-state index contributed by atoms with van der Waals surface area (Å²) in [4.78, 5) is 12.1. The van der Waals surface area contributed by atoms with Crippen molar-refractivity contribution in [3.8, 4) is 29.6 Å². The fourth-order valence-corrected chi connectivity index (χ4v) is 3.25. The maximum atomic E-state index is 12.1. The van der Waals surface area contributed by atoms with Crippen molar-refractivity contribution in [3.05, 3.63) is 89.5 Å². The Bertz CT molecular complexity index is 1030. The van der Waals surface area contributed by atoms with Crippen LogP contribution in [0.1, 0.15) is 21.5 Å². The van der Waals surface area contributed by atoms with Gasteiger partial charge in [0.15, 0.2) is 11.5 Å². The highest BCUT2D eigenvalue weighted by Crippen LogP contribution is 2.52. The third-order valence-corrected chi connectivity index (χ3v) is 4.56. The number of fused-ring (bicyclic) bond motifs is 1. The van der Waals surface area contributed by atoms with Crippen LogP contribution in [-0.4, -0.2) is 19.7 Å². The monoisotopic (exact) mass is 386 g/mol. The van der Waals surface area contributed by atoms with E-state index in [0.717, 1.165) is 11.1 Å². The van der Waals surface area contributed by atoms with Crippen LogP contribution < -0.4 is 14.2 Å². The van der Waals surface area contributed by atoms with Crippen molar-refractivity contribution < 1.29 is 23.7 Å². The molecular weight excluding hydrogens is 368 g/mol. The summed E-state index contributed by atoms with van der Waals surface area (Å²) in [5.74, 6) is 1.73. The van der Waals surface area contributed by atoms with Gasteiger partial charge in [0.05, 0.1) is 12.7 Å². The zero-order valence-electron chi connectivity index (χ0n) is 15.8. The molecule has 0 N–H and O–H groups in total. The first-order valence-corrected chi connectivity index (χ1v) is 8.99. The lowest BCUT2D eigenvalue weighted by atomic mass is 9.97. The Balaban J connectivity index is 1.88. The summed E-state index contributed by atoms with van der Waals surface area (Å²) >= 11 is 0. The summed E-state index contributed by atoms with van der Waals surface area (Å²) in [7, 11) is 1.31. The van der Waals surface area contributed by atoms with Gasteiger partial charge in [-0.3, -0.25) is 0 Å². The van der Waals surface area contributed by atoms with Gasteiger partial charge in [0.25, 0.3) is 0 Å². The molecule has 4 rings (SSSR count). The van der Waals surface area contributed by atoms with E-state index in [1.54, 1.807) is 6.07 Å². The van der Waals surface area contributed by atoms with Crippen molar-refractivity contribution in [2.75, 3.05) is 13.7 Å². The molecule has 1 aliphatic rings. The lowest BCUT2D eigenvalue weighted by molar-refractivity contribution is -0.0468. The molecule has 0 radical (unpaired) electrons. The van der Waals surface area contributed by atoms with Gasteiger partial charge in [0, 0.05) is 11.1 Å². The third-order valence-electron chi connectivity index (χ3n) is 4.56. The molecule has 1 aliphatic heterocycles. The molecule has 0 aromatic heterocycles. The van der Waals surface area contributed by atoms with Crippen molar-refractivity contribution in [2.45, 2.75) is 5.79 Å². The van der Waals surface area contributed by atoms with Crippen LogP contribution in [0.3, 0.4) is 0 Å². The second-order valence-corrected chi connectivity index (χ2v) is 6.34. The van der Waals surface area contributed by atoms with Gasteiger partial charge in [-0.1, -0.05) is 66.6 Å². The molecule has 0 bridgehead atoms. The molecule has 5 nitrogen and oxygen atoms in total. The number of rotatable bonds is 5. The lowest BCUT2D eigenvalue weighted by Gasteiger charge is -2.28. The largest absolute Gasteiger partial charge is 0.477 e. The number of carbonyl (C=O) groups excluding carboxylic acids is 1. The molecular formula is C24H18O5. The molecule has 0 fully saturated rings. The normalized spacial score (nSPS) is 13.4. The molecule has 29 heavy (non-hydrogen) atoms. The van der Waals surface area contributed by atoms with E-state index in [1.165, 1.54) is 13.2 Å². The molecule has 0 atom stereocenters. The number of carbonyl (C=O) groups is 1. The van der Waals surface area contributed by atoms with Crippen LogP contribution in [0.5, 0.6) is 17.2 Å². The maximum absolute atomic E-state index is 12.1. The minimum absolute atomic E-state index is 0.0180. The van der Waals surface area contributed by atoms with E-state index in [-0.39, 0.29) is 12.2 Å². The Morgan fingerprint density at radius 3 is 2.17 bits per heavy atom. The molecule has 5 heteroatoms. The van der Waals surface area contributed by atoms with Crippen molar-refractivity contribution in [1.82, 2.24) is 0 Å². The van der Waals surface area contributed by atoms with Crippen LogP contribution >= 0.6 is 0 Å². The van der Waals surface area contributed by atoms with E-state index in [9.17, 15) is 4.79 Å². The van der Waals surface area contributed by atoms with E-state index in [4.69, 9.17) is 25.4 Å². The number of hydrogen-bond acceptors (Lipinski definition) is 5. The number of terminal acetylenes is 1. The Hall–Kier alpha value is -3.91. The third kappa shape index (κ3) is 3.26. The highest BCUT2D eigenvalue weighted by atomic mass is 16.7. The SMILES string of the molecule is C#CCOc1cc(C(=O)OC)cc2c1OC(c1ccccc1)(c1ccccc1)O2. The van der Waals surface area contributed by atoms with Gasteiger partial charge in [-0.2, -0.15) is 0 Å². The zero-order chi connectivity index (χ0) is 20.3. The van der Waals surface area contributed by atoms with Crippen LogP contribution in [0, 0.1) is 12.3 Å². The molecule has 0 saturated heterocycles. The topological polar surface area (TPSA) is 54.0 Å². The second-order valence-electron chi connectivity index (χ2n) is 6.34. The van der Waals surface area contributed by atoms with Crippen LogP contribution in [0.2, 0.25) is 0 Å². The molecule has 1 heterocycles. The fourth-order valence-electron chi connectivity index (χ4n) is 3.25. The highest BCUT2D eigenvalue weighted by molar-refractivity contribution is 5.91. The average Bonchev–Trinajstić information content (AvgIpc) is 3.19. The molecule has 0 aliphatic carbocycles. The first kappa shape index (κ1) is 18.5. The van der Waals surface area contributed by atoms with Crippen molar-refractivity contribution in [2.24, 2.45) is 0 Å². The summed E-state index contributed by atoms with van der Waals surface area (Å²) in [6.45, 7) is 0.0180. The van der Waals surface area contributed by atoms with Gasteiger partial charge in [0.2, 0.25) is 5.75 Å². The Kier molecular flexibility index (Phi) is 4.84. The second kappa shape index (κ2) is 7.61. The van der Waals surface area contributed by atoms with Gasteiger partial charge in [0.1, 0.15) is 6.61 Å². The first-order valence-electron chi connectivity index (χ1n) is 8.99. The standard InChI is InChI=1S/C24H18O5/c1-3-14-27-20-15-17(23(25)26-2)16-21-22(20)29-24(28-21,18-10-6-4-7-11-18)19-12-8-5-9-13-19/h1,4-13,15-16H,14H2,2H3. The van der Waals surface area contributed by atoms with Gasteiger partial charge < -0.3 is 18.9 Å². The van der Waals surface area contributed by atoms with Gasteiger partial charge >= 0.3 is 11.8 Å². The minimum atomic E-state index is -1.23. The van der Waals surface area contributed by atoms with Crippen molar-refractivity contribution in [1.29, 1.82) is 0 Å². The molecule has 0 unspecified atom stereocenters. The van der Waals surface area contributed by atoms with Crippen LogP contribution in [-0.2, 0) is 10.5 Å². The Morgan fingerprint density at radius 2 is 1.62 bits per heavy atom. The van der Waals surface area contributed by atoms with E-state index >= 15 is 0 Å². The van der Waals surface area contributed by atoms with Crippen LogP contribution in [0.15, 0.2) is 72.8 Å². The average molecular weight is 386 g/mol.